The zero-order chi connectivity index (χ0) is 22.1. The lowest BCUT2D eigenvalue weighted by molar-refractivity contribution is 0.102. The molecule has 4 aromatic rings. The van der Waals surface area contributed by atoms with E-state index in [1.54, 1.807) is 11.3 Å². The Hall–Kier alpha value is -3.18. The highest BCUT2D eigenvalue weighted by molar-refractivity contribution is 7.16. The number of carbonyl (C=O) groups excluding carboxylic acids is 1. The van der Waals surface area contributed by atoms with Gasteiger partial charge in [0.1, 0.15) is 5.00 Å². The van der Waals surface area contributed by atoms with Gasteiger partial charge in [-0.15, -0.1) is 11.3 Å². The zero-order valence-corrected chi connectivity index (χ0v) is 19.3. The van der Waals surface area contributed by atoms with E-state index in [9.17, 15) is 4.79 Å². The number of carbonyl (C=O) groups is 1. The van der Waals surface area contributed by atoms with E-state index in [1.807, 2.05) is 36.5 Å². The van der Waals surface area contributed by atoms with Crippen LogP contribution in [0.4, 0.5) is 10.7 Å². The second-order valence-corrected chi connectivity index (χ2v) is 9.31. The van der Waals surface area contributed by atoms with Crippen molar-refractivity contribution < 1.29 is 4.79 Å². The van der Waals surface area contributed by atoms with Crippen LogP contribution in [0.15, 0.2) is 59.6 Å². The highest BCUT2D eigenvalue weighted by Gasteiger charge is 2.25. The molecule has 0 bridgehead atoms. The molecule has 5 rings (SSSR count). The summed E-state index contributed by atoms with van der Waals surface area (Å²) in [6, 6.07) is 18.1. The number of thiophene rings is 1. The number of amides is 1. The minimum Gasteiger partial charge on any atom is -0.344 e. The predicted molar refractivity (Wildman–Crippen MR) is 135 cm³/mol. The maximum Gasteiger partial charge on any atom is 0.259 e. The number of nitrogens with zero attached hydrogens (tertiary/aromatic N) is 2. The summed E-state index contributed by atoms with van der Waals surface area (Å²) < 4.78 is 2.32. The molecule has 0 unspecified atom stereocenters. The SMILES string of the molecule is CCn1c(C)c(C=Nc2sc3c(c2C(=O)Nc2ccccc2)CCCC3)c2ccccc21. The molecule has 2 heterocycles. The average molecular weight is 442 g/mol. The average Bonchev–Trinajstić information content (AvgIpc) is 3.32. The molecule has 0 spiro atoms. The number of rotatable bonds is 5. The number of hydrogen-bond donors (Lipinski definition) is 1. The van der Waals surface area contributed by atoms with E-state index in [-0.39, 0.29) is 5.91 Å². The number of aromatic nitrogens is 1. The van der Waals surface area contributed by atoms with Crippen LogP contribution in [0.1, 0.15) is 51.8 Å². The first-order chi connectivity index (χ1) is 15.7. The lowest BCUT2D eigenvalue weighted by Gasteiger charge is -2.12. The highest BCUT2D eigenvalue weighted by Crippen LogP contribution is 2.40. The number of aryl methyl sites for hydroxylation is 2. The molecule has 0 saturated heterocycles. The molecule has 162 valence electrons. The van der Waals surface area contributed by atoms with Crippen LogP contribution < -0.4 is 5.32 Å². The molecule has 1 N–H and O–H groups in total. The van der Waals surface area contributed by atoms with E-state index in [0.717, 1.165) is 47.6 Å². The summed E-state index contributed by atoms with van der Waals surface area (Å²) in [5.41, 5.74) is 6.31. The Labute approximate surface area is 192 Å². The molecule has 1 aliphatic carbocycles. The Balaban J connectivity index is 1.57. The van der Waals surface area contributed by atoms with Gasteiger partial charge in [0.15, 0.2) is 0 Å². The van der Waals surface area contributed by atoms with Crippen LogP contribution in [0.25, 0.3) is 10.9 Å². The summed E-state index contributed by atoms with van der Waals surface area (Å²) in [6.45, 7) is 5.23. The van der Waals surface area contributed by atoms with Crippen molar-refractivity contribution in [1.29, 1.82) is 0 Å². The summed E-state index contributed by atoms with van der Waals surface area (Å²) in [7, 11) is 0. The monoisotopic (exact) mass is 441 g/mol. The van der Waals surface area contributed by atoms with Crippen molar-refractivity contribution in [3.8, 4) is 0 Å². The molecule has 0 fully saturated rings. The van der Waals surface area contributed by atoms with Gasteiger partial charge in [0.25, 0.3) is 5.91 Å². The summed E-state index contributed by atoms with van der Waals surface area (Å²) in [5.74, 6) is -0.0598. The number of nitrogens with one attached hydrogen (secondary N) is 1. The Morgan fingerprint density at radius 1 is 1.09 bits per heavy atom. The molecule has 5 heteroatoms. The van der Waals surface area contributed by atoms with Crippen LogP contribution in [0.2, 0.25) is 0 Å². The molecule has 4 nitrogen and oxygen atoms in total. The van der Waals surface area contributed by atoms with Crippen LogP contribution in [0.5, 0.6) is 0 Å². The quantitative estimate of drug-likeness (QED) is 0.336. The molecule has 2 aromatic carbocycles. The van der Waals surface area contributed by atoms with Crippen LogP contribution in [-0.2, 0) is 19.4 Å². The Morgan fingerprint density at radius 3 is 2.66 bits per heavy atom. The third kappa shape index (κ3) is 3.67. The number of anilines is 1. The maximum absolute atomic E-state index is 13.3. The lowest BCUT2D eigenvalue weighted by atomic mass is 9.95. The first-order valence-electron chi connectivity index (χ1n) is 11.3. The molecule has 0 radical (unpaired) electrons. The smallest absolute Gasteiger partial charge is 0.259 e. The molecule has 0 saturated carbocycles. The van der Waals surface area contributed by atoms with Gasteiger partial charge >= 0.3 is 0 Å². The fourth-order valence-electron chi connectivity index (χ4n) is 4.74. The van der Waals surface area contributed by atoms with Crippen molar-refractivity contribution in [3.63, 3.8) is 0 Å². The van der Waals surface area contributed by atoms with Gasteiger partial charge in [0, 0.05) is 45.5 Å². The topological polar surface area (TPSA) is 46.4 Å². The Morgan fingerprint density at radius 2 is 1.84 bits per heavy atom. The van der Waals surface area contributed by atoms with Crippen molar-refractivity contribution in [3.05, 3.63) is 81.9 Å². The number of para-hydroxylation sites is 2. The summed E-state index contributed by atoms with van der Waals surface area (Å²) in [4.78, 5) is 19.6. The minimum atomic E-state index is -0.0598. The van der Waals surface area contributed by atoms with Crippen LogP contribution in [0.3, 0.4) is 0 Å². The molecular weight excluding hydrogens is 414 g/mol. The van der Waals surface area contributed by atoms with Crippen molar-refractivity contribution >= 4 is 45.0 Å². The van der Waals surface area contributed by atoms with Crippen molar-refractivity contribution in [2.75, 3.05) is 5.32 Å². The second kappa shape index (κ2) is 8.75. The van der Waals surface area contributed by atoms with Crippen molar-refractivity contribution in [2.45, 2.75) is 46.1 Å². The third-order valence-electron chi connectivity index (χ3n) is 6.32. The maximum atomic E-state index is 13.3. The van der Waals surface area contributed by atoms with E-state index in [0.29, 0.717) is 0 Å². The number of hydrogen-bond acceptors (Lipinski definition) is 3. The van der Waals surface area contributed by atoms with Gasteiger partial charge in [0.2, 0.25) is 0 Å². The normalized spacial score (nSPS) is 13.6. The standard InChI is InChI=1S/C27H27N3OS/c1-3-30-18(2)22(20-13-7-9-15-23(20)30)17-28-27-25(21-14-8-10-16-24(21)32-27)26(31)29-19-11-5-4-6-12-19/h4-7,9,11-13,15,17H,3,8,10,14,16H2,1-2H3,(H,29,31). The van der Waals surface area contributed by atoms with Crippen molar-refractivity contribution in [1.82, 2.24) is 4.57 Å². The van der Waals surface area contributed by atoms with Gasteiger partial charge in [-0.3, -0.25) is 4.79 Å². The van der Waals surface area contributed by atoms with Crippen LogP contribution in [-0.4, -0.2) is 16.7 Å². The van der Waals surface area contributed by atoms with Gasteiger partial charge in [-0.2, -0.15) is 0 Å². The largest absolute Gasteiger partial charge is 0.344 e. The predicted octanol–water partition coefficient (Wildman–Crippen LogP) is 6.91. The van der Waals surface area contributed by atoms with Gasteiger partial charge in [-0.1, -0.05) is 36.4 Å². The number of benzene rings is 2. The number of fused-ring (bicyclic) bond motifs is 2. The van der Waals surface area contributed by atoms with Gasteiger partial charge in [-0.05, 0) is 63.3 Å². The fourth-order valence-corrected chi connectivity index (χ4v) is 5.97. The van der Waals surface area contributed by atoms with E-state index in [2.05, 4.69) is 48.0 Å². The molecule has 0 atom stereocenters. The minimum absolute atomic E-state index is 0.0598. The summed E-state index contributed by atoms with van der Waals surface area (Å²) in [6.07, 6.45) is 6.25. The number of aliphatic imine (C=N–C) groups is 1. The highest BCUT2D eigenvalue weighted by atomic mass is 32.1. The Bertz CT molecular complexity index is 1310. The van der Waals surface area contributed by atoms with Gasteiger partial charge < -0.3 is 9.88 Å². The van der Waals surface area contributed by atoms with Crippen molar-refractivity contribution in [2.24, 2.45) is 4.99 Å². The summed E-state index contributed by atoms with van der Waals surface area (Å²) in [5, 5.41) is 5.10. The molecule has 2 aromatic heterocycles. The van der Waals surface area contributed by atoms with Crippen LogP contribution in [0, 0.1) is 6.92 Å². The molecule has 32 heavy (non-hydrogen) atoms. The molecule has 1 amide bonds. The van der Waals surface area contributed by atoms with Gasteiger partial charge in [-0.25, -0.2) is 4.99 Å². The molecule has 0 aliphatic heterocycles. The first-order valence-corrected chi connectivity index (χ1v) is 12.1. The van der Waals surface area contributed by atoms with Gasteiger partial charge in [0.05, 0.1) is 5.56 Å². The van der Waals surface area contributed by atoms with E-state index >= 15 is 0 Å². The Kier molecular flexibility index (Phi) is 5.66. The first kappa shape index (κ1) is 20.7. The van der Waals surface area contributed by atoms with E-state index in [4.69, 9.17) is 4.99 Å². The van der Waals surface area contributed by atoms with E-state index < -0.39 is 0 Å². The fraction of sp³-hybridized carbons (Fsp3) is 0.259. The molecule has 1 aliphatic rings. The third-order valence-corrected chi connectivity index (χ3v) is 7.52. The summed E-state index contributed by atoms with van der Waals surface area (Å²) >= 11 is 1.68. The lowest BCUT2D eigenvalue weighted by Crippen LogP contribution is -2.14. The van der Waals surface area contributed by atoms with Crippen LogP contribution >= 0.6 is 11.3 Å². The molecular formula is C27H27N3OS. The second-order valence-electron chi connectivity index (χ2n) is 8.23. The van der Waals surface area contributed by atoms with E-state index in [1.165, 1.54) is 33.5 Å². The zero-order valence-electron chi connectivity index (χ0n) is 18.5.